The van der Waals surface area contributed by atoms with Gasteiger partial charge in [-0.05, 0) is 19.2 Å². The number of benzene rings is 1. The van der Waals surface area contributed by atoms with Gasteiger partial charge in [-0.25, -0.2) is 4.39 Å². The van der Waals surface area contributed by atoms with Crippen molar-refractivity contribution in [3.05, 3.63) is 35.1 Å². The number of alkyl halides is 3. The predicted molar refractivity (Wildman–Crippen MR) is 70.2 cm³/mol. The van der Waals surface area contributed by atoms with Gasteiger partial charge in [-0.15, -0.1) is 0 Å². The van der Waals surface area contributed by atoms with E-state index in [1.807, 2.05) is 16.8 Å². The first-order valence-corrected chi connectivity index (χ1v) is 6.70. The van der Waals surface area contributed by atoms with E-state index in [2.05, 4.69) is 0 Å². The van der Waals surface area contributed by atoms with Crippen LogP contribution in [-0.2, 0) is 12.7 Å². The fourth-order valence-electron chi connectivity index (χ4n) is 2.44. The highest BCUT2D eigenvalue weighted by molar-refractivity contribution is 5.26. The minimum atomic E-state index is -4.53. The van der Waals surface area contributed by atoms with Gasteiger partial charge < -0.3 is 5.11 Å². The third-order valence-electron chi connectivity index (χ3n) is 3.85. The monoisotopic (exact) mass is 306 g/mol. The van der Waals surface area contributed by atoms with Crippen LogP contribution in [0.3, 0.4) is 0 Å². The Labute approximate surface area is 120 Å². The van der Waals surface area contributed by atoms with Crippen LogP contribution in [0.1, 0.15) is 11.1 Å². The molecule has 1 atom stereocenters. The molecule has 1 aromatic rings. The normalized spacial score (nSPS) is 21.7. The minimum Gasteiger partial charge on any atom is -0.395 e. The lowest BCUT2D eigenvalue weighted by Crippen LogP contribution is -2.52. The molecule has 0 unspecified atom stereocenters. The SMILES string of the molecule is CN1CCN(Cc2ccc(C(F)(F)F)cc2F)C[C@@H]1CO. The van der Waals surface area contributed by atoms with E-state index < -0.39 is 17.6 Å². The molecule has 0 saturated carbocycles. The van der Waals surface area contributed by atoms with Crippen molar-refractivity contribution in [3.8, 4) is 0 Å². The summed E-state index contributed by atoms with van der Waals surface area (Å²) in [6.07, 6.45) is -4.53. The summed E-state index contributed by atoms with van der Waals surface area (Å²) >= 11 is 0. The van der Waals surface area contributed by atoms with Crippen LogP contribution in [-0.4, -0.2) is 54.2 Å². The van der Waals surface area contributed by atoms with Gasteiger partial charge in [0.25, 0.3) is 0 Å². The standard InChI is InChI=1S/C14H18F4N2O/c1-19-4-5-20(8-12(19)9-21)7-10-2-3-11(6-13(10)15)14(16,17)18/h2-3,6,12,21H,4-5,7-9H2,1H3/t12-/m1/s1. The smallest absolute Gasteiger partial charge is 0.395 e. The number of hydrogen-bond donors (Lipinski definition) is 1. The zero-order valence-corrected chi connectivity index (χ0v) is 11.7. The van der Waals surface area contributed by atoms with Crippen molar-refractivity contribution in [1.82, 2.24) is 9.80 Å². The Morgan fingerprint density at radius 3 is 2.57 bits per heavy atom. The van der Waals surface area contributed by atoms with E-state index in [1.54, 1.807) is 0 Å². The molecule has 1 N–H and O–H groups in total. The van der Waals surface area contributed by atoms with Gasteiger partial charge in [0.2, 0.25) is 0 Å². The largest absolute Gasteiger partial charge is 0.416 e. The molecule has 1 aliphatic heterocycles. The molecular weight excluding hydrogens is 288 g/mol. The number of aliphatic hydroxyl groups excluding tert-OH is 1. The van der Waals surface area contributed by atoms with Crippen molar-refractivity contribution >= 4 is 0 Å². The lowest BCUT2D eigenvalue weighted by atomic mass is 10.1. The van der Waals surface area contributed by atoms with Crippen molar-refractivity contribution in [3.63, 3.8) is 0 Å². The number of piperazine rings is 1. The summed E-state index contributed by atoms with van der Waals surface area (Å²) < 4.78 is 51.3. The van der Waals surface area contributed by atoms with Crippen molar-refractivity contribution in [2.45, 2.75) is 18.8 Å². The van der Waals surface area contributed by atoms with E-state index in [-0.39, 0.29) is 24.8 Å². The van der Waals surface area contributed by atoms with Crippen LogP contribution in [0.4, 0.5) is 17.6 Å². The summed E-state index contributed by atoms with van der Waals surface area (Å²) in [4.78, 5) is 3.95. The first-order chi connectivity index (χ1) is 9.81. The second kappa shape index (κ2) is 6.29. The van der Waals surface area contributed by atoms with Crippen LogP contribution in [0.2, 0.25) is 0 Å². The van der Waals surface area contributed by atoms with Gasteiger partial charge in [-0.2, -0.15) is 13.2 Å². The summed E-state index contributed by atoms with van der Waals surface area (Å²) in [5.74, 6) is -0.843. The molecule has 7 heteroatoms. The maximum Gasteiger partial charge on any atom is 0.416 e. The van der Waals surface area contributed by atoms with Gasteiger partial charge in [0.1, 0.15) is 5.82 Å². The zero-order chi connectivity index (χ0) is 15.6. The average Bonchev–Trinajstić information content (AvgIpc) is 2.42. The molecule has 1 fully saturated rings. The van der Waals surface area contributed by atoms with Crippen LogP contribution in [0.5, 0.6) is 0 Å². The second-order valence-electron chi connectivity index (χ2n) is 5.36. The average molecular weight is 306 g/mol. The summed E-state index contributed by atoms with van der Waals surface area (Å²) in [5, 5.41) is 9.26. The van der Waals surface area contributed by atoms with Gasteiger partial charge in [0.05, 0.1) is 12.2 Å². The maximum atomic E-state index is 13.8. The van der Waals surface area contributed by atoms with E-state index in [1.165, 1.54) is 6.07 Å². The number of halogens is 4. The van der Waals surface area contributed by atoms with Crippen LogP contribution in [0.25, 0.3) is 0 Å². The van der Waals surface area contributed by atoms with E-state index in [9.17, 15) is 22.7 Å². The van der Waals surface area contributed by atoms with Crippen LogP contribution < -0.4 is 0 Å². The Morgan fingerprint density at radius 1 is 1.29 bits per heavy atom. The van der Waals surface area contributed by atoms with Crippen LogP contribution >= 0.6 is 0 Å². The molecule has 1 heterocycles. The first-order valence-electron chi connectivity index (χ1n) is 6.70. The van der Waals surface area contributed by atoms with Crippen LogP contribution in [0.15, 0.2) is 18.2 Å². The number of rotatable bonds is 3. The number of likely N-dealkylation sites (N-methyl/N-ethyl adjacent to an activating group) is 1. The number of aliphatic hydroxyl groups is 1. The molecule has 0 aliphatic carbocycles. The molecule has 2 rings (SSSR count). The van der Waals surface area contributed by atoms with E-state index in [4.69, 9.17) is 0 Å². The summed E-state index contributed by atoms with van der Waals surface area (Å²) in [6.45, 7) is 2.23. The topological polar surface area (TPSA) is 26.7 Å². The molecule has 0 aromatic heterocycles. The molecule has 0 spiro atoms. The minimum absolute atomic E-state index is 0.00247. The summed E-state index contributed by atoms with van der Waals surface area (Å²) in [6, 6.07) is 2.59. The van der Waals surface area contributed by atoms with Gasteiger partial charge in [-0.3, -0.25) is 9.80 Å². The van der Waals surface area contributed by atoms with Crippen LogP contribution in [0, 0.1) is 5.82 Å². The third-order valence-corrected chi connectivity index (χ3v) is 3.85. The summed E-state index contributed by atoms with van der Waals surface area (Å²) in [5.41, 5.74) is -0.736. The molecule has 0 amide bonds. The van der Waals surface area contributed by atoms with Crippen molar-refractivity contribution in [2.24, 2.45) is 0 Å². The van der Waals surface area contributed by atoms with E-state index in [0.29, 0.717) is 19.2 Å². The zero-order valence-electron chi connectivity index (χ0n) is 11.7. The maximum absolute atomic E-state index is 13.8. The molecule has 0 bridgehead atoms. The van der Waals surface area contributed by atoms with Gasteiger partial charge >= 0.3 is 6.18 Å². The Morgan fingerprint density at radius 2 is 2.00 bits per heavy atom. The second-order valence-corrected chi connectivity index (χ2v) is 5.36. The fraction of sp³-hybridized carbons (Fsp3) is 0.571. The molecular formula is C14H18F4N2O. The van der Waals surface area contributed by atoms with E-state index >= 15 is 0 Å². The Kier molecular flexibility index (Phi) is 4.85. The van der Waals surface area contributed by atoms with Crippen molar-refractivity contribution in [1.29, 1.82) is 0 Å². The lowest BCUT2D eigenvalue weighted by Gasteiger charge is -2.38. The van der Waals surface area contributed by atoms with Crippen molar-refractivity contribution in [2.75, 3.05) is 33.3 Å². The van der Waals surface area contributed by atoms with Crippen molar-refractivity contribution < 1.29 is 22.7 Å². The molecule has 3 nitrogen and oxygen atoms in total. The lowest BCUT2D eigenvalue weighted by molar-refractivity contribution is -0.137. The first kappa shape index (κ1) is 16.2. The third kappa shape index (κ3) is 3.93. The number of hydrogen-bond acceptors (Lipinski definition) is 3. The highest BCUT2D eigenvalue weighted by Crippen LogP contribution is 2.30. The fourth-order valence-corrected chi connectivity index (χ4v) is 2.44. The Bertz CT molecular complexity index is 492. The van der Waals surface area contributed by atoms with E-state index in [0.717, 1.165) is 12.6 Å². The number of nitrogens with zero attached hydrogens (tertiary/aromatic N) is 2. The van der Waals surface area contributed by atoms with Gasteiger partial charge in [0.15, 0.2) is 0 Å². The Hall–Kier alpha value is -1.18. The molecule has 1 aliphatic rings. The molecule has 0 radical (unpaired) electrons. The predicted octanol–water partition coefficient (Wildman–Crippen LogP) is 1.95. The molecule has 118 valence electrons. The quantitative estimate of drug-likeness (QED) is 0.865. The summed E-state index contributed by atoms with van der Waals surface area (Å²) in [7, 11) is 1.90. The molecule has 21 heavy (non-hydrogen) atoms. The highest BCUT2D eigenvalue weighted by atomic mass is 19.4. The molecule has 1 saturated heterocycles. The Balaban J connectivity index is 2.07. The molecule has 1 aromatic carbocycles. The van der Waals surface area contributed by atoms with Gasteiger partial charge in [0, 0.05) is 37.8 Å². The highest BCUT2D eigenvalue weighted by Gasteiger charge is 2.31. The van der Waals surface area contributed by atoms with Gasteiger partial charge in [-0.1, -0.05) is 6.07 Å².